The van der Waals surface area contributed by atoms with Gasteiger partial charge in [0.1, 0.15) is 4.88 Å². The van der Waals surface area contributed by atoms with E-state index in [1.807, 2.05) is 0 Å². The number of ether oxygens (including phenoxy) is 1. The van der Waals surface area contributed by atoms with Gasteiger partial charge in [-0.25, -0.2) is 4.79 Å². The fourth-order valence-electron chi connectivity index (χ4n) is 1.93. The molecule has 1 heterocycles. The summed E-state index contributed by atoms with van der Waals surface area (Å²) in [7, 11) is 0. The molecule has 0 atom stereocenters. The Morgan fingerprint density at radius 1 is 1.24 bits per heavy atom. The predicted octanol–water partition coefficient (Wildman–Crippen LogP) is 3.68. The fourth-order valence-corrected chi connectivity index (χ4v) is 2.80. The number of aryl methyl sites for hydroxylation is 1. The molecule has 0 aliphatic carbocycles. The molecule has 0 bridgehead atoms. The summed E-state index contributed by atoms with van der Waals surface area (Å²) in [6.07, 6.45) is 1.04. The third kappa shape index (κ3) is 3.98. The van der Waals surface area contributed by atoms with Crippen molar-refractivity contribution in [1.82, 2.24) is 0 Å². The van der Waals surface area contributed by atoms with E-state index in [1.165, 1.54) is 22.5 Å². The highest BCUT2D eigenvalue weighted by Crippen LogP contribution is 2.30. The SMILES string of the molecule is CCOC(=O)c1sc(NCc2ccc(CC)cc2)cc1N. The zero-order chi connectivity index (χ0) is 15.2. The molecule has 0 aliphatic rings. The van der Waals surface area contributed by atoms with E-state index in [1.54, 1.807) is 13.0 Å². The van der Waals surface area contributed by atoms with Crippen molar-refractivity contribution in [3.05, 3.63) is 46.3 Å². The third-order valence-electron chi connectivity index (χ3n) is 3.12. The number of rotatable bonds is 6. The lowest BCUT2D eigenvalue weighted by Gasteiger charge is -2.04. The summed E-state index contributed by atoms with van der Waals surface area (Å²) in [5.41, 5.74) is 8.82. The van der Waals surface area contributed by atoms with E-state index >= 15 is 0 Å². The number of nitrogens with one attached hydrogen (secondary N) is 1. The molecule has 0 saturated carbocycles. The Bertz CT molecular complexity index is 605. The smallest absolute Gasteiger partial charge is 0.350 e. The minimum atomic E-state index is -0.361. The van der Waals surface area contributed by atoms with Gasteiger partial charge in [-0.05, 0) is 30.5 Å². The number of hydrogen-bond acceptors (Lipinski definition) is 5. The minimum absolute atomic E-state index is 0.350. The van der Waals surface area contributed by atoms with E-state index in [-0.39, 0.29) is 5.97 Å². The number of esters is 1. The number of benzene rings is 1. The van der Waals surface area contributed by atoms with E-state index < -0.39 is 0 Å². The van der Waals surface area contributed by atoms with Gasteiger partial charge < -0.3 is 15.8 Å². The highest BCUT2D eigenvalue weighted by molar-refractivity contribution is 7.18. The Hall–Kier alpha value is -2.01. The summed E-state index contributed by atoms with van der Waals surface area (Å²) in [6.45, 7) is 4.97. The summed E-state index contributed by atoms with van der Waals surface area (Å²) in [5.74, 6) is -0.361. The number of carbonyl (C=O) groups excluding carboxylic acids is 1. The van der Waals surface area contributed by atoms with Gasteiger partial charge in [-0.3, -0.25) is 0 Å². The van der Waals surface area contributed by atoms with E-state index in [4.69, 9.17) is 10.5 Å². The van der Waals surface area contributed by atoms with Crippen LogP contribution in [0.3, 0.4) is 0 Å². The largest absolute Gasteiger partial charge is 0.462 e. The average Bonchev–Trinajstić information content (AvgIpc) is 2.87. The van der Waals surface area contributed by atoms with Crippen LogP contribution >= 0.6 is 11.3 Å². The Balaban J connectivity index is 1.99. The van der Waals surface area contributed by atoms with Crippen LogP contribution in [0.25, 0.3) is 0 Å². The molecule has 0 amide bonds. The van der Waals surface area contributed by atoms with Crippen molar-refractivity contribution in [3.63, 3.8) is 0 Å². The molecule has 4 nitrogen and oxygen atoms in total. The zero-order valence-corrected chi connectivity index (χ0v) is 13.1. The van der Waals surface area contributed by atoms with Crippen LogP contribution in [0.2, 0.25) is 0 Å². The van der Waals surface area contributed by atoms with Crippen LogP contribution < -0.4 is 11.1 Å². The van der Waals surface area contributed by atoms with Gasteiger partial charge in [0, 0.05) is 6.54 Å². The van der Waals surface area contributed by atoms with Gasteiger partial charge in [0.25, 0.3) is 0 Å². The van der Waals surface area contributed by atoms with Crippen LogP contribution in [0, 0.1) is 0 Å². The Morgan fingerprint density at radius 3 is 2.52 bits per heavy atom. The van der Waals surface area contributed by atoms with Crippen molar-refractivity contribution < 1.29 is 9.53 Å². The lowest BCUT2D eigenvalue weighted by Crippen LogP contribution is -2.04. The fraction of sp³-hybridized carbons (Fsp3) is 0.312. The lowest BCUT2D eigenvalue weighted by atomic mass is 10.1. The third-order valence-corrected chi connectivity index (χ3v) is 4.21. The molecule has 1 aromatic carbocycles. The zero-order valence-electron chi connectivity index (χ0n) is 12.3. The molecule has 2 aromatic rings. The maximum atomic E-state index is 11.7. The minimum Gasteiger partial charge on any atom is -0.462 e. The van der Waals surface area contributed by atoms with Gasteiger partial charge >= 0.3 is 5.97 Å². The van der Waals surface area contributed by atoms with Gasteiger partial charge in [-0.1, -0.05) is 31.2 Å². The molecule has 2 rings (SSSR count). The topological polar surface area (TPSA) is 64.3 Å². The van der Waals surface area contributed by atoms with E-state index in [2.05, 4.69) is 36.5 Å². The van der Waals surface area contributed by atoms with Crippen LogP contribution in [-0.4, -0.2) is 12.6 Å². The van der Waals surface area contributed by atoms with Crippen LogP contribution in [0.1, 0.15) is 34.6 Å². The molecular weight excluding hydrogens is 284 g/mol. The average molecular weight is 304 g/mol. The van der Waals surface area contributed by atoms with Crippen molar-refractivity contribution in [2.75, 3.05) is 17.7 Å². The predicted molar refractivity (Wildman–Crippen MR) is 87.8 cm³/mol. The molecule has 21 heavy (non-hydrogen) atoms. The number of anilines is 2. The summed E-state index contributed by atoms with van der Waals surface area (Å²) in [5, 5.41) is 4.16. The Morgan fingerprint density at radius 2 is 1.90 bits per heavy atom. The van der Waals surface area contributed by atoms with Gasteiger partial charge in [0.15, 0.2) is 0 Å². The summed E-state index contributed by atoms with van der Waals surface area (Å²) >= 11 is 1.32. The molecule has 0 radical (unpaired) electrons. The van der Waals surface area contributed by atoms with Crippen molar-refractivity contribution in [3.8, 4) is 0 Å². The van der Waals surface area contributed by atoms with E-state index in [0.717, 1.165) is 11.4 Å². The molecule has 3 N–H and O–H groups in total. The maximum absolute atomic E-state index is 11.7. The monoisotopic (exact) mass is 304 g/mol. The second-order valence-corrected chi connectivity index (χ2v) is 5.69. The number of thiophene rings is 1. The quantitative estimate of drug-likeness (QED) is 0.799. The molecule has 0 saturated heterocycles. The van der Waals surface area contributed by atoms with Gasteiger partial charge in [0.2, 0.25) is 0 Å². The van der Waals surface area contributed by atoms with Crippen molar-refractivity contribution in [2.45, 2.75) is 26.8 Å². The summed E-state index contributed by atoms with van der Waals surface area (Å²) in [6, 6.07) is 10.2. The Labute approximate surface area is 128 Å². The first-order valence-corrected chi connectivity index (χ1v) is 7.83. The van der Waals surface area contributed by atoms with Gasteiger partial charge in [-0.15, -0.1) is 11.3 Å². The summed E-state index contributed by atoms with van der Waals surface area (Å²) < 4.78 is 4.97. The number of nitrogens with two attached hydrogens (primary N) is 1. The first-order chi connectivity index (χ1) is 10.1. The molecular formula is C16H20N2O2S. The second-order valence-electron chi connectivity index (χ2n) is 4.64. The van der Waals surface area contributed by atoms with Crippen molar-refractivity contribution in [1.29, 1.82) is 0 Å². The highest BCUT2D eigenvalue weighted by atomic mass is 32.1. The standard InChI is InChI=1S/C16H20N2O2S/c1-3-11-5-7-12(8-6-11)10-18-14-9-13(17)15(21-14)16(19)20-4-2/h5-9,18H,3-4,10,17H2,1-2H3. The van der Waals surface area contributed by atoms with Gasteiger partial charge in [-0.2, -0.15) is 0 Å². The number of carbonyl (C=O) groups is 1. The molecule has 0 aliphatic heterocycles. The number of hydrogen-bond donors (Lipinski definition) is 2. The summed E-state index contributed by atoms with van der Waals surface area (Å²) in [4.78, 5) is 12.2. The Kier molecular flexibility index (Phi) is 5.22. The number of nitrogen functional groups attached to an aromatic ring is 1. The highest BCUT2D eigenvalue weighted by Gasteiger charge is 2.15. The molecule has 0 spiro atoms. The van der Waals surface area contributed by atoms with E-state index in [9.17, 15) is 4.79 Å². The van der Waals surface area contributed by atoms with Gasteiger partial charge in [0.05, 0.1) is 17.3 Å². The maximum Gasteiger partial charge on any atom is 0.350 e. The van der Waals surface area contributed by atoms with Crippen molar-refractivity contribution >= 4 is 28.0 Å². The normalized spacial score (nSPS) is 10.4. The second kappa shape index (κ2) is 7.13. The van der Waals surface area contributed by atoms with Crippen LogP contribution in [0.5, 0.6) is 0 Å². The molecule has 5 heteroatoms. The van der Waals surface area contributed by atoms with Crippen molar-refractivity contribution in [2.24, 2.45) is 0 Å². The van der Waals surface area contributed by atoms with Crippen LogP contribution in [-0.2, 0) is 17.7 Å². The van der Waals surface area contributed by atoms with Crippen LogP contribution in [0.15, 0.2) is 30.3 Å². The lowest BCUT2D eigenvalue weighted by molar-refractivity contribution is 0.0533. The van der Waals surface area contributed by atoms with E-state index in [0.29, 0.717) is 23.7 Å². The van der Waals surface area contributed by atoms with Crippen LogP contribution in [0.4, 0.5) is 10.7 Å². The molecule has 0 unspecified atom stereocenters. The molecule has 112 valence electrons. The molecule has 0 fully saturated rings. The first-order valence-electron chi connectivity index (χ1n) is 7.02. The first kappa shape index (κ1) is 15.4. The molecule has 1 aromatic heterocycles.